The van der Waals surface area contributed by atoms with Gasteiger partial charge >= 0.3 is 6.09 Å². The predicted octanol–water partition coefficient (Wildman–Crippen LogP) is 0.585. The Morgan fingerprint density at radius 1 is 1.44 bits per heavy atom. The first-order valence-electron chi connectivity index (χ1n) is 6.73. The predicted molar refractivity (Wildman–Crippen MR) is 65.1 cm³/mol. The lowest BCUT2D eigenvalue weighted by Gasteiger charge is -2.15. The second-order valence-electron chi connectivity index (χ2n) is 3.52. The third-order valence-corrected chi connectivity index (χ3v) is 2.17. The van der Waals surface area contributed by atoms with E-state index < -0.39 is 31.7 Å². The van der Waals surface area contributed by atoms with E-state index in [2.05, 4.69) is 10.1 Å². The number of amides is 2. The van der Waals surface area contributed by atoms with Crippen LogP contribution in [0.5, 0.6) is 0 Å². The van der Waals surface area contributed by atoms with Crippen molar-refractivity contribution < 1.29 is 23.5 Å². The smallest absolute Gasteiger partial charge is 0.405 e. The molecule has 0 saturated heterocycles. The number of hydrogen-bond acceptors (Lipinski definition) is 3. The standard InChI is InChI=1S/C12H16N2O4/c1-18-8-10(14-12(16)17)11(15)13-7-9-5-3-2-4-6-9/h2-6,10,14H,7-8H2,1H3,(H,13,15)(H,16,17)/i1D3. The van der Waals surface area contributed by atoms with Gasteiger partial charge in [0.2, 0.25) is 5.91 Å². The van der Waals surface area contributed by atoms with E-state index in [1.807, 2.05) is 11.4 Å². The summed E-state index contributed by atoms with van der Waals surface area (Å²) in [6, 6.07) is 7.70. The van der Waals surface area contributed by atoms with Crippen molar-refractivity contribution in [3.8, 4) is 0 Å². The molecule has 3 N–H and O–H groups in total. The molecule has 0 spiro atoms. The van der Waals surface area contributed by atoms with E-state index in [0.717, 1.165) is 5.56 Å². The van der Waals surface area contributed by atoms with Crippen molar-refractivity contribution >= 4 is 12.0 Å². The number of benzene rings is 1. The summed E-state index contributed by atoms with van der Waals surface area (Å²) < 4.78 is 25.1. The van der Waals surface area contributed by atoms with Crippen LogP contribution in [0.25, 0.3) is 0 Å². The van der Waals surface area contributed by atoms with Gasteiger partial charge in [-0.2, -0.15) is 0 Å². The van der Waals surface area contributed by atoms with Crippen molar-refractivity contribution in [2.45, 2.75) is 12.6 Å². The molecule has 18 heavy (non-hydrogen) atoms. The summed E-state index contributed by atoms with van der Waals surface area (Å²) in [6.45, 7) is -0.380. The fourth-order valence-electron chi connectivity index (χ4n) is 1.32. The molecule has 0 radical (unpaired) electrons. The van der Waals surface area contributed by atoms with Gasteiger partial charge in [0.05, 0.1) is 10.7 Å². The minimum atomic E-state index is -2.70. The average Bonchev–Trinajstić information content (AvgIpc) is 2.40. The highest BCUT2D eigenvalue weighted by Crippen LogP contribution is 1.97. The van der Waals surface area contributed by atoms with Gasteiger partial charge in [-0.15, -0.1) is 0 Å². The lowest BCUT2D eigenvalue weighted by molar-refractivity contribution is -0.124. The number of carbonyl (C=O) groups excluding carboxylic acids is 1. The summed E-state index contributed by atoms with van der Waals surface area (Å²) >= 11 is 0. The molecule has 98 valence electrons. The van der Waals surface area contributed by atoms with Crippen LogP contribution in [0.4, 0.5) is 4.79 Å². The van der Waals surface area contributed by atoms with Crippen molar-refractivity contribution in [1.82, 2.24) is 10.6 Å². The molecule has 0 fully saturated rings. The van der Waals surface area contributed by atoms with Crippen molar-refractivity contribution in [2.24, 2.45) is 0 Å². The highest BCUT2D eigenvalue weighted by atomic mass is 16.5. The van der Waals surface area contributed by atoms with Gasteiger partial charge in [-0.25, -0.2) is 4.79 Å². The molecule has 0 aliphatic carbocycles. The molecule has 6 nitrogen and oxygen atoms in total. The second-order valence-corrected chi connectivity index (χ2v) is 3.52. The summed E-state index contributed by atoms with van der Waals surface area (Å²) in [6.07, 6.45) is -1.44. The topological polar surface area (TPSA) is 87.7 Å². The monoisotopic (exact) mass is 255 g/mol. The van der Waals surface area contributed by atoms with Crippen LogP contribution in [0.15, 0.2) is 30.3 Å². The Labute approximate surface area is 109 Å². The Kier molecular flexibility index (Phi) is 4.01. The lowest BCUT2D eigenvalue weighted by Crippen LogP contribution is -2.48. The molecule has 6 heteroatoms. The SMILES string of the molecule is [2H]C([2H])([2H])OCC(NC(=O)O)C(=O)NCc1ccccc1. The number of ether oxygens (including phenoxy) is 1. The van der Waals surface area contributed by atoms with Crippen LogP contribution >= 0.6 is 0 Å². The first-order valence-corrected chi connectivity index (χ1v) is 5.23. The van der Waals surface area contributed by atoms with Crippen molar-refractivity contribution in [1.29, 1.82) is 0 Å². The highest BCUT2D eigenvalue weighted by molar-refractivity contribution is 5.85. The molecule has 0 bridgehead atoms. The third-order valence-electron chi connectivity index (χ3n) is 2.17. The van der Waals surface area contributed by atoms with Crippen molar-refractivity contribution in [3.05, 3.63) is 35.9 Å². The van der Waals surface area contributed by atoms with Crippen LogP contribution in [0.3, 0.4) is 0 Å². The molecular formula is C12H16N2O4. The quantitative estimate of drug-likeness (QED) is 0.694. The molecule has 1 aromatic rings. The fraction of sp³-hybridized carbons (Fsp3) is 0.333. The molecule has 2 amide bonds. The van der Waals surface area contributed by atoms with Gasteiger partial charge in [0, 0.05) is 13.6 Å². The van der Waals surface area contributed by atoms with Crippen LogP contribution in [0.2, 0.25) is 0 Å². The van der Waals surface area contributed by atoms with Gasteiger partial charge in [0.15, 0.2) is 0 Å². The number of methoxy groups -OCH3 is 1. The van der Waals surface area contributed by atoms with Gasteiger partial charge in [0.25, 0.3) is 0 Å². The molecule has 0 aliphatic heterocycles. The Morgan fingerprint density at radius 2 is 2.17 bits per heavy atom. The molecule has 0 heterocycles. The second kappa shape index (κ2) is 7.29. The van der Waals surface area contributed by atoms with E-state index in [9.17, 15) is 9.59 Å². The first kappa shape index (κ1) is 9.90. The van der Waals surface area contributed by atoms with E-state index in [4.69, 9.17) is 9.22 Å². The minimum absolute atomic E-state index is 0.200. The maximum absolute atomic E-state index is 11.9. The van der Waals surface area contributed by atoms with Crippen LogP contribution in [-0.2, 0) is 16.1 Å². The largest absolute Gasteiger partial charge is 0.465 e. The zero-order chi connectivity index (χ0) is 15.9. The zero-order valence-electron chi connectivity index (χ0n) is 12.6. The fourth-order valence-corrected chi connectivity index (χ4v) is 1.32. The van der Waals surface area contributed by atoms with Crippen LogP contribution in [-0.4, -0.2) is 36.8 Å². The van der Waals surface area contributed by atoms with Gasteiger partial charge in [-0.3, -0.25) is 4.79 Å². The Bertz CT molecular complexity index is 479. The normalized spacial score (nSPS) is 14.8. The Balaban J connectivity index is 2.56. The Hall–Kier alpha value is -2.08. The van der Waals surface area contributed by atoms with Crippen LogP contribution in [0, 0.1) is 0 Å². The number of carbonyl (C=O) groups is 2. The average molecular weight is 255 g/mol. The van der Waals surface area contributed by atoms with Crippen molar-refractivity contribution in [2.75, 3.05) is 13.6 Å². The maximum atomic E-state index is 11.9. The summed E-state index contributed by atoms with van der Waals surface area (Å²) in [4.78, 5) is 22.5. The van der Waals surface area contributed by atoms with Crippen molar-refractivity contribution in [3.63, 3.8) is 0 Å². The first-order chi connectivity index (χ1) is 9.78. The Morgan fingerprint density at radius 3 is 2.78 bits per heavy atom. The number of hydrogen-bond donors (Lipinski definition) is 3. The van der Waals surface area contributed by atoms with Gasteiger partial charge in [0.1, 0.15) is 6.04 Å². The lowest BCUT2D eigenvalue weighted by atomic mass is 10.2. The third kappa shape index (κ3) is 4.84. The zero-order valence-corrected chi connectivity index (χ0v) is 9.55. The van der Waals surface area contributed by atoms with E-state index in [-0.39, 0.29) is 6.54 Å². The van der Waals surface area contributed by atoms with Crippen LogP contribution < -0.4 is 10.6 Å². The summed E-state index contributed by atoms with van der Waals surface area (Å²) in [7, 11) is -2.70. The highest BCUT2D eigenvalue weighted by Gasteiger charge is 2.19. The van der Waals surface area contributed by atoms with E-state index >= 15 is 0 Å². The van der Waals surface area contributed by atoms with Gasteiger partial charge < -0.3 is 20.5 Å². The van der Waals surface area contributed by atoms with E-state index in [0.29, 0.717) is 0 Å². The molecule has 1 unspecified atom stereocenters. The molecule has 1 rings (SSSR count). The molecular weight excluding hydrogens is 236 g/mol. The number of nitrogens with one attached hydrogen (secondary N) is 2. The maximum Gasteiger partial charge on any atom is 0.405 e. The summed E-state index contributed by atoms with van der Waals surface area (Å²) in [5.74, 6) is -0.662. The molecule has 0 aliphatic rings. The van der Waals surface area contributed by atoms with E-state index in [1.165, 1.54) is 0 Å². The summed E-state index contributed by atoms with van der Waals surface area (Å²) in [5.41, 5.74) is 0.830. The minimum Gasteiger partial charge on any atom is -0.465 e. The molecule has 0 saturated carbocycles. The number of carboxylic acid groups (broad SMARTS) is 1. The summed E-state index contributed by atoms with van der Waals surface area (Å²) in [5, 5.41) is 13.1. The van der Waals surface area contributed by atoms with Gasteiger partial charge in [-0.05, 0) is 5.56 Å². The van der Waals surface area contributed by atoms with Gasteiger partial charge in [-0.1, -0.05) is 30.3 Å². The molecule has 1 atom stereocenters. The van der Waals surface area contributed by atoms with E-state index in [1.54, 1.807) is 24.3 Å². The number of rotatable bonds is 6. The molecule has 1 aromatic carbocycles. The van der Waals surface area contributed by atoms with Crippen LogP contribution in [0.1, 0.15) is 9.68 Å². The molecule has 0 aromatic heterocycles.